The molecular formula is C15H21NO. The molecule has 2 N–H and O–H groups in total. The van der Waals surface area contributed by atoms with E-state index >= 15 is 0 Å². The Bertz CT molecular complexity index is 384. The number of fused-ring (bicyclic) bond motifs is 2. The lowest BCUT2D eigenvalue weighted by molar-refractivity contribution is -0.00629. The van der Waals surface area contributed by atoms with Gasteiger partial charge in [-0.1, -0.05) is 29.8 Å². The first-order chi connectivity index (χ1) is 8.24. The van der Waals surface area contributed by atoms with Crippen LogP contribution in [0.25, 0.3) is 0 Å². The van der Waals surface area contributed by atoms with Crippen molar-refractivity contribution in [3.8, 4) is 0 Å². The molecule has 0 aromatic heterocycles. The minimum Gasteiger partial charge on any atom is -0.372 e. The Morgan fingerprint density at radius 3 is 2.53 bits per heavy atom. The summed E-state index contributed by atoms with van der Waals surface area (Å²) in [6.07, 6.45) is 4.22. The van der Waals surface area contributed by atoms with E-state index < -0.39 is 0 Å². The molecule has 1 aromatic rings. The molecule has 2 fully saturated rings. The Balaban J connectivity index is 1.59. The number of aryl methyl sites for hydroxylation is 1. The Morgan fingerprint density at radius 1 is 1.18 bits per heavy atom. The third-order valence-corrected chi connectivity index (χ3v) is 4.47. The molecule has 2 aliphatic rings. The smallest absolute Gasteiger partial charge is 0.0761 e. The molecular weight excluding hydrogens is 210 g/mol. The highest BCUT2D eigenvalue weighted by Gasteiger charge is 2.46. The normalized spacial score (nSPS) is 35.4. The van der Waals surface area contributed by atoms with Gasteiger partial charge in [-0.05, 0) is 43.6 Å². The molecule has 1 aromatic carbocycles. The Labute approximate surface area is 103 Å². The molecule has 2 heteroatoms. The second-order valence-electron chi connectivity index (χ2n) is 5.67. The molecule has 2 aliphatic carbocycles. The summed E-state index contributed by atoms with van der Waals surface area (Å²) in [5.41, 5.74) is 8.78. The molecule has 0 amide bonds. The monoisotopic (exact) mass is 231 g/mol. The van der Waals surface area contributed by atoms with Gasteiger partial charge in [0.05, 0.1) is 12.7 Å². The average molecular weight is 231 g/mol. The van der Waals surface area contributed by atoms with Crippen molar-refractivity contribution in [2.24, 2.45) is 17.6 Å². The number of hydrogen-bond acceptors (Lipinski definition) is 2. The van der Waals surface area contributed by atoms with E-state index in [1.54, 1.807) is 0 Å². The van der Waals surface area contributed by atoms with Gasteiger partial charge < -0.3 is 10.5 Å². The van der Waals surface area contributed by atoms with E-state index in [-0.39, 0.29) is 6.04 Å². The number of nitrogens with two attached hydrogens (primary N) is 1. The summed E-state index contributed by atoms with van der Waals surface area (Å²) in [5, 5.41) is 0. The molecule has 0 spiro atoms. The highest BCUT2D eigenvalue weighted by atomic mass is 16.5. The highest BCUT2D eigenvalue weighted by molar-refractivity contribution is 5.20. The van der Waals surface area contributed by atoms with Gasteiger partial charge in [0.25, 0.3) is 0 Å². The van der Waals surface area contributed by atoms with Gasteiger partial charge in [0, 0.05) is 6.04 Å². The molecule has 92 valence electrons. The minimum atomic E-state index is 0.277. The van der Waals surface area contributed by atoms with Gasteiger partial charge in [0.2, 0.25) is 0 Å². The van der Waals surface area contributed by atoms with Crippen LogP contribution in [0.1, 0.15) is 30.4 Å². The van der Waals surface area contributed by atoms with Crippen molar-refractivity contribution in [2.75, 3.05) is 0 Å². The van der Waals surface area contributed by atoms with Gasteiger partial charge >= 0.3 is 0 Å². The van der Waals surface area contributed by atoms with Crippen molar-refractivity contribution >= 4 is 0 Å². The first-order valence-corrected chi connectivity index (χ1v) is 6.67. The zero-order valence-electron chi connectivity index (χ0n) is 10.4. The average Bonchev–Trinajstić information content (AvgIpc) is 2.90. The zero-order chi connectivity index (χ0) is 11.8. The van der Waals surface area contributed by atoms with Crippen LogP contribution in [0.3, 0.4) is 0 Å². The van der Waals surface area contributed by atoms with Gasteiger partial charge in [-0.2, -0.15) is 0 Å². The molecule has 2 nitrogen and oxygen atoms in total. The lowest BCUT2D eigenvalue weighted by Crippen LogP contribution is -2.41. The van der Waals surface area contributed by atoms with Crippen molar-refractivity contribution in [2.45, 2.75) is 44.9 Å². The third-order valence-electron chi connectivity index (χ3n) is 4.47. The molecule has 0 aliphatic heterocycles. The molecule has 2 bridgehead atoms. The SMILES string of the molecule is Cc1ccc(COC2C3CCC(C3)C2N)cc1. The summed E-state index contributed by atoms with van der Waals surface area (Å²) in [6.45, 7) is 2.82. The zero-order valence-corrected chi connectivity index (χ0v) is 10.4. The van der Waals surface area contributed by atoms with Gasteiger partial charge in [-0.15, -0.1) is 0 Å². The molecule has 17 heavy (non-hydrogen) atoms. The first-order valence-electron chi connectivity index (χ1n) is 6.67. The summed E-state index contributed by atoms with van der Waals surface area (Å²) >= 11 is 0. The fourth-order valence-corrected chi connectivity index (χ4v) is 3.41. The largest absolute Gasteiger partial charge is 0.372 e. The van der Waals surface area contributed by atoms with E-state index in [2.05, 4.69) is 31.2 Å². The molecule has 0 heterocycles. The maximum Gasteiger partial charge on any atom is 0.0761 e. The summed E-state index contributed by atoms with van der Waals surface area (Å²) in [6, 6.07) is 8.85. The molecule has 0 saturated heterocycles. The minimum absolute atomic E-state index is 0.277. The second-order valence-corrected chi connectivity index (χ2v) is 5.67. The fourth-order valence-electron chi connectivity index (χ4n) is 3.41. The van der Waals surface area contributed by atoms with Crippen molar-refractivity contribution in [1.29, 1.82) is 0 Å². The molecule has 4 atom stereocenters. The quantitative estimate of drug-likeness (QED) is 0.868. The summed E-state index contributed by atoms with van der Waals surface area (Å²) in [7, 11) is 0. The third kappa shape index (κ3) is 2.12. The first kappa shape index (κ1) is 11.2. The van der Waals surface area contributed by atoms with Gasteiger partial charge in [0.1, 0.15) is 0 Å². The van der Waals surface area contributed by atoms with E-state index in [4.69, 9.17) is 10.5 Å². The summed E-state index contributed by atoms with van der Waals surface area (Å²) in [5.74, 6) is 1.45. The number of hydrogen-bond donors (Lipinski definition) is 1. The van der Waals surface area contributed by atoms with E-state index in [9.17, 15) is 0 Å². The van der Waals surface area contributed by atoms with Crippen LogP contribution in [0.15, 0.2) is 24.3 Å². The van der Waals surface area contributed by atoms with Crippen LogP contribution in [-0.2, 0) is 11.3 Å². The lowest BCUT2D eigenvalue weighted by Gasteiger charge is -2.28. The van der Waals surface area contributed by atoms with Crippen molar-refractivity contribution in [3.63, 3.8) is 0 Å². The van der Waals surface area contributed by atoms with Gasteiger partial charge in [-0.3, -0.25) is 0 Å². The van der Waals surface area contributed by atoms with Crippen molar-refractivity contribution in [1.82, 2.24) is 0 Å². The second kappa shape index (κ2) is 4.43. The maximum absolute atomic E-state index is 6.23. The summed E-state index contributed by atoms with van der Waals surface area (Å²) in [4.78, 5) is 0. The van der Waals surface area contributed by atoms with Crippen LogP contribution in [0, 0.1) is 18.8 Å². The summed E-state index contributed by atoms with van der Waals surface area (Å²) < 4.78 is 6.05. The van der Waals surface area contributed by atoms with E-state index in [1.165, 1.54) is 30.4 Å². The van der Waals surface area contributed by atoms with Gasteiger partial charge in [-0.25, -0.2) is 0 Å². The Morgan fingerprint density at radius 2 is 1.88 bits per heavy atom. The Hall–Kier alpha value is -0.860. The fraction of sp³-hybridized carbons (Fsp3) is 0.600. The molecule has 3 rings (SSSR count). The number of ether oxygens (including phenoxy) is 1. The predicted octanol–water partition coefficient (Wildman–Crippen LogP) is 2.64. The van der Waals surface area contributed by atoms with E-state index in [0.717, 1.165) is 11.8 Å². The van der Waals surface area contributed by atoms with E-state index in [0.29, 0.717) is 12.7 Å². The van der Waals surface area contributed by atoms with Gasteiger partial charge in [0.15, 0.2) is 0 Å². The Kier molecular flexibility index (Phi) is 2.93. The molecule has 4 unspecified atom stereocenters. The van der Waals surface area contributed by atoms with Crippen LogP contribution < -0.4 is 5.73 Å². The van der Waals surface area contributed by atoms with Crippen LogP contribution in [0.4, 0.5) is 0 Å². The number of rotatable bonds is 3. The van der Waals surface area contributed by atoms with Crippen molar-refractivity contribution in [3.05, 3.63) is 35.4 Å². The predicted molar refractivity (Wildman–Crippen MR) is 68.6 cm³/mol. The van der Waals surface area contributed by atoms with Crippen LogP contribution in [0.5, 0.6) is 0 Å². The lowest BCUT2D eigenvalue weighted by atomic mass is 9.93. The van der Waals surface area contributed by atoms with Crippen LogP contribution >= 0.6 is 0 Å². The van der Waals surface area contributed by atoms with Crippen molar-refractivity contribution < 1.29 is 4.74 Å². The van der Waals surface area contributed by atoms with Crippen LogP contribution in [0.2, 0.25) is 0 Å². The maximum atomic E-state index is 6.23. The van der Waals surface area contributed by atoms with E-state index in [1.807, 2.05) is 0 Å². The standard InChI is InChI=1S/C15H21NO/c1-10-2-4-11(5-3-10)9-17-15-13-7-6-12(8-13)14(15)16/h2-5,12-15H,6-9,16H2,1H3. The van der Waals surface area contributed by atoms with Crippen LogP contribution in [-0.4, -0.2) is 12.1 Å². The number of benzene rings is 1. The molecule has 0 radical (unpaired) electrons. The highest BCUT2D eigenvalue weighted by Crippen LogP contribution is 2.45. The molecule has 2 saturated carbocycles. The topological polar surface area (TPSA) is 35.2 Å².